The Labute approximate surface area is 68.5 Å². The van der Waals surface area contributed by atoms with E-state index in [-0.39, 0.29) is 5.25 Å². The van der Waals surface area contributed by atoms with Crippen molar-refractivity contribution in [3.05, 3.63) is 0 Å². The van der Waals surface area contributed by atoms with E-state index >= 15 is 0 Å². The van der Waals surface area contributed by atoms with Crippen molar-refractivity contribution in [1.29, 1.82) is 0 Å². The van der Waals surface area contributed by atoms with Gasteiger partial charge in [0.1, 0.15) is 0 Å². The van der Waals surface area contributed by atoms with Gasteiger partial charge in [0, 0.05) is 18.4 Å². The molecule has 0 aromatic heterocycles. The first-order valence-corrected chi connectivity index (χ1v) is 4.28. The Morgan fingerprint density at radius 1 is 1.60 bits per heavy atom. The van der Waals surface area contributed by atoms with Crippen LogP contribution in [-0.4, -0.2) is 25.0 Å². The molecule has 0 bridgehead atoms. The number of rotatable bonds is 6. The van der Waals surface area contributed by atoms with Gasteiger partial charge in [-0.1, -0.05) is 13.3 Å². The van der Waals surface area contributed by atoms with E-state index in [0.29, 0.717) is 13.2 Å². The zero-order valence-corrected chi connectivity index (χ0v) is 7.44. The lowest BCUT2D eigenvalue weighted by Crippen LogP contribution is -2.20. The quantitative estimate of drug-likeness (QED) is 0.453. The van der Waals surface area contributed by atoms with Crippen LogP contribution in [0.5, 0.6) is 0 Å². The van der Waals surface area contributed by atoms with E-state index in [0.717, 1.165) is 13.0 Å². The summed E-state index contributed by atoms with van der Waals surface area (Å²) in [6.07, 6.45) is 2.31. The molecule has 1 atom stereocenters. The molecule has 0 spiro atoms. The molecule has 0 amide bonds. The maximum absolute atomic E-state index is 5.33. The molecule has 0 aliphatic heterocycles. The fourth-order valence-corrected chi connectivity index (χ4v) is 0.639. The Morgan fingerprint density at radius 2 is 2.30 bits per heavy atom. The summed E-state index contributed by atoms with van der Waals surface area (Å²) in [4.78, 5) is 0. The van der Waals surface area contributed by atoms with Gasteiger partial charge in [0.05, 0.1) is 6.61 Å². The number of hydrogen-bond donors (Lipinski definition) is 2. The van der Waals surface area contributed by atoms with Crippen LogP contribution >= 0.6 is 12.6 Å². The molecule has 0 fully saturated rings. The fourth-order valence-electron chi connectivity index (χ4n) is 0.534. The molecular formula is C7H17NOS. The Hall–Kier alpha value is 0.270. The van der Waals surface area contributed by atoms with Crippen molar-refractivity contribution in [3.63, 3.8) is 0 Å². The second-order valence-corrected chi connectivity index (χ2v) is 3.05. The minimum absolute atomic E-state index is 0.205. The molecule has 3 heteroatoms. The molecule has 0 saturated carbocycles. The number of ether oxygens (including phenoxy) is 1. The molecule has 1 unspecified atom stereocenters. The van der Waals surface area contributed by atoms with Gasteiger partial charge >= 0.3 is 0 Å². The summed E-state index contributed by atoms with van der Waals surface area (Å²) in [5.74, 6) is 0. The minimum atomic E-state index is 0.205. The highest BCUT2D eigenvalue weighted by Crippen LogP contribution is 1.94. The van der Waals surface area contributed by atoms with Gasteiger partial charge in [0.15, 0.2) is 0 Å². The molecule has 62 valence electrons. The molecule has 10 heavy (non-hydrogen) atoms. The Bertz CT molecular complexity index is 70.6. The van der Waals surface area contributed by atoms with Crippen LogP contribution in [-0.2, 0) is 4.74 Å². The fraction of sp³-hybridized carbons (Fsp3) is 1.00. The number of hydrogen-bond acceptors (Lipinski definition) is 3. The first-order valence-electron chi connectivity index (χ1n) is 3.77. The van der Waals surface area contributed by atoms with Gasteiger partial charge in [0.2, 0.25) is 0 Å². The van der Waals surface area contributed by atoms with E-state index < -0.39 is 0 Å². The monoisotopic (exact) mass is 163 g/mol. The normalized spacial score (nSPS) is 13.5. The second-order valence-electron chi connectivity index (χ2n) is 2.32. The van der Waals surface area contributed by atoms with E-state index in [9.17, 15) is 0 Å². The predicted molar refractivity (Wildman–Crippen MR) is 47.6 cm³/mol. The van der Waals surface area contributed by atoms with Crippen LogP contribution in [0, 0.1) is 0 Å². The third kappa shape index (κ3) is 6.39. The van der Waals surface area contributed by atoms with Gasteiger partial charge < -0.3 is 10.5 Å². The molecule has 0 aliphatic carbocycles. The highest BCUT2D eigenvalue weighted by Gasteiger charge is 1.97. The third-order valence-electron chi connectivity index (χ3n) is 1.22. The van der Waals surface area contributed by atoms with Gasteiger partial charge in [-0.25, -0.2) is 0 Å². The van der Waals surface area contributed by atoms with Crippen LogP contribution in [0.4, 0.5) is 0 Å². The first kappa shape index (κ1) is 10.3. The van der Waals surface area contributed by atoms with Crippen molar-refractivity contribution < 1.29 is 4.74 Å². The molecule has 0 rings (SSSR count). The van der Waals surface area contributed by atoms with Crippen LogP contribution in [0.1, 0.15) is 19.8 Å². The zero-order chi connectivity index (χ0) is 7.82. The van der Waals surface area contributed by atoms with Gasteiger partial charge in [-0.2, -0.15) is 12.6 Å². The lowest BCUT2D eigenvalue weighted by Gasteiger charge is -2.07. The molecule has 0 radical (unpaired) electrons. The minimum Gasteiger partial charge on any atom is -0.380 e. The van der Waals surface area contributed by atoms with Gasteiger partial charge in [0.25, 0.3) is 0 Å². The van der Waals surface area contributed by atoms with E-state index in [1.807, 2.05) is 0 Å². The summed E-state index contributed by atoms with van der Waals surface area (Å²) in [6, 6.07) is 0. The molecule has 2 N–H and O–H groups in total. The summed E-state index contributed by atoms with van der Waals surface area (Å²) in [6.45, 7) is 4.26. The topological polar surface area (TPSA) is 35.2 Å². The SMILES string of the molecule is CCCCOCC(S)CN. The highest BCUT2D eigenvalue weighted by atomic mass is 32.1. The Kier molecular flexibility index (Phi) is 7.58. The molecule has 0 aliphatic rings. The summed E-state index contributed by atoms with van der Waals surface area (Å²) >= 11 is 4.18. The highest BCUT2D eigenvalue weighted by molar-refractivity contribution is 7.81. The molecule has 0 aromatic carbocycles. The zero-order valence-electron chi connectivity index (χ0n) is 6.55. The molecule has 0 saturated heterocycles. The third-order valence-corrected chi connectivity index (χ3v) is 1.58. The standard InChI is InChI=1S/C7H17NOS/c1-2-3-4-9-6-7(10)5-8/h7,10H,2-6,8H2,1H3. The summed E-state index contributed by atoms with van der Waals surface area (Å²) < 4.78 is 5.27. The number of nitrogens with two attached hydrogens (primary N) is 1. The average Bonchev–Trinajstić information content (AvgIpc) is 1.98. The maximum Gasteiger partial charge on any atom is 0.0594 e. The van der Waals surface area contributed by atoms with Gasteiger partial charge in [-0.05, 0) is 6.42 Å². The van der Waals surface area contributed by atoms with Gasteiger partial charge in [-0.15, -0.1) is 0 Å². The van der Waals surface area contributed by atoms with Crippen LogP contribution in [0.25, 0.3) is 0 Å². The average molecular weight is 163 g/mol. The lowest BCUT2D eigenvalue weighted by atomic mass is 10.4. The van der Waals surface area contributed by atoms with Crippen LogP contribution < -0.4 is 5.73 Å². The largest absolute Gasteiger partial charge is 0.380 e. The molecule has 0 aromatic rings. The number of unbranched alkanes of at least 4 members (excludes halogenated alkanes) is 1. The first-order chi connectivity index (χ1) is 4.81. The summed E-state index contributed by atoms with van der Waals surface area (Å²) in [7, 11) is 0. The second kappa shape index (κ2) is 7.38. The van der Waals surface area contributed by atoms with Crippen molar-refractivity contribution in [2.45, 2.75) is 25.0 Å². The van der Waals surface area contributed by atoms with E-state index in [1.54, 1.807) is 0 Å². The van der Waals surface area contributed by atoms with Crippen LogP contribution in [0.15, 0.2) is 0 Å². The van der Waals surface area contributed by atoms with Crippen molar-refractivity contribution in [3.8, 4) is 0 Å². The predicted octanol–water partition coefficient (Wildman–Crippen LogP) is 1.06. The van der Waals surface area contributed by atoms with Crippen molar-refractivity contribution in [2.24, 2.45) is 5.73 Å². The lowest BCUT2D eigenvalue weighted by molar-refractivity contribution is 0.134. The summed E-state index contributed by atoms with van der Waals surface area (Å²) in [5, 5.41) is 0.205. The Morgan fingerprint density at radius 3 is 2.80 bits per heavy atom. The molecular weight excluding hydrogens is 146 g/mol. The van der Waals surface area contributed by atoms with Gasteiger partial charge in [-0.3, -0.25) is 0 Å². The Balaban J connectivity index is 2.89. The van der Waals surface area contributed by atoms with Crippen LogP contribution in [0.2, 0.25) is 0 Å². The van der Waals surface area contributed by atoms with E-state index in [2.05, 4.69) is 19.6 Å². The van der Waals surface area contributed by atoms with Crippen LogP contribution in [0.3, 0.4) is 0 Å². The molecule has 2 nitrogen and oxygen atoms in total. The van der Waals surface area contributed by atoms with E-state index in [1.165, 1.54) is 6.42 Å². The van der Waals surface area contributed by atoms with Crippen molar-refractivity contribution >= 4 is 12.6 Å². The smallest absolute Gasteiger partial charge is 0.0594 e. The van der Waals surface area contributed by atoms with Crippen molar-refractivity contribution in [2.75, 3.05) is 19.8 Å². The van der Waals surface area contributed by atoms with E-state index in [4.69, 9.17) is 10.5 Å². The number of thiol groups is 1. The van der Waals surface area contributed by atoms with Crippen molar-refractivity contribution in [1.82, 2.24) is 0 Å². The summed E-state index contributed by atoms with van der Waals surface area (Å²) in [5.41, 5.74) is 5.33. The maximum atomic E-state index is 5.33. The molecule has 0 heterocycles.